The highest BCUT2D eigenvalue weighted by Crippen LogP contribution is 2.42. The van der Waals surface area contributed by atoms with Crippen molar-refractivity contribution >= 4 is 5.69 Å². The molecule has 0 fully saturated rings. The first kappa shape index (κ1) is 13.2. The lowest BCUT2D eigenvalue weighted by molar-refractivity contribution is 0.573. The van der Waals surface area contributed by atoms with Crippen LogP contribution in [-0.2, 0) is 0 Å². The molecule has 2 N–H and O–H groups in total. The smallest absolute Gasteiger partial charge is 0.0563 e. The van der Waals surface area contributed by atoms with Gasteiger partial charge in [-0.1, -0.05) is 36.4 Å². The number of fused-ring (bicyclic) bond motifs is 1. The van der Waals surface area contributed by atoms with Crippen LogP contribution in [0.5, 0.6) is 0 Å². The Labute approximate surface area is 121 Å². The number of hydrogen-bond acceptors (Lipinski definition) is 2. The lowest BCUT2D eigenvalue weighted by atomic mass is 10.1. The maximum absolute atomic E-state index is 6.31. The van der Waals surface area contributed by atoms with Crippen LogP contribution in [0, 0.1) is 6.92 Å². The lowest BCUT2D eigenvalue weighted by Gasteiger charge is -2.31. The first-order chi connectivity index (χ1) is 9.70. The number of nitrogens with two attached hydrogens (primary N) is 1. The van der Waals surface area contributed by atoms with Gasteiger partial charge in [0.15, 0.2) is 0 Å². The number of aryl methyl sites for hydroxylation is 1. The molecule has 2 atom stereocenters. The standard InChI is InChI=1S/C18H22N2/c1-3-20(14-8-6-7-13(2)11-14)18-12-17(19)15-9-4-5-10-16(15)18/h4-11,17-18H,3,12,19H2,1-2H3. The highest BCUT2D eigenvalue weighted by Gasteiger charge is 2.32. The molecule has 2 unspecified atom stereocenters. The third kappa shape index (κ3) is 2.20. The maximum atomic E-state index is 6.31. The molecule has 0 heterocycles. The van der Waals surface area contributed by atoms with Crippen molar-refractivity contribution in [1.29, 1.82) is 0 Å². The van der Waals surface area contributed by atoms with Gasteiger partial charge in [-0.2, -0.15) is 0 Å². The average molecular weight is 266 g/mol. The van der Waals surface area contributed by atoms with Gasteiger partial charge in [0.2, 0.25) is 0 Å². The molecule has 2 heteroatoms. The Hall–Kier alpha value is -1.80. The molecule has 1 aliphatic rings. The van der Waals surface area contributed by atoms with Crippen molar-refractivity contribution in [2.45, 2.75) is 32.4 Å². The summed E-state index contributed by atoms with van der Waals surface area (Å²) in [6.07, 6.45) is 1.00. The minimum atomic E-state index is 0.162. The number of hydrogen-bond donors (Lipinski definition) is 1. The van der Waals surface area contributed by atoms with E-state index >= 15 is 0 Å². The van der Waals surface area contributed by atoms with Crippen molar-refractivity contribution < 1.29 is 0 Å². The van der Waals surface area contributed by atoms with Crippen molar-refractivity contribution in [2.75, 3.05) is 11.4 Å². The van der Waals surface area contributed by atoms with Gasteiger partial charge >= 0.3 is 0 Å². The Morgan fingerprint density at radius 2 is 1.85 bits per heavy atom. The summed E-state index contributed by atoms with van der Waals surface area (Å²) in [5.41, 5.74) is 11.6. The van der Waals surface area contributed by atoms with E-state index in [1.807, 2.05) is 0 Å². The molecule has 0 spiro atoms. The van der Waals surface area contributed by atoms with Crippen LogP contribution >= 0.6 is 0 Å². The largest absolute Gasteiger partial charge is 0.365 e. The first-order valence-corrected chi connectivity index (χ1v) is 7.38. The Morgan fingerprint density at radius 3 is 2.55 bits per heavy atom. The van der Waals surface area contributed by atoms with E-state index in [1.54, 1.807) is 0 Å². The predicted molar refractivity (Wildman–Crippen MR) is 84.9 cm³/mol. The SMILES string of the molecule is CCN(c1cccc(C)c1)C1CC(N)c2ccccc21. The fourth-order valence-electron chi connectivity index (χ4n) is 3.33. The van der Waals surface area contributed by atoms with Gasteiger partial charge in [-0.05, 0) is 49.1 Å². The zero-order chi connectivity index (χ0) is 14.1. The lowest BCUT2D eigenvalue weighted by Crippen LogP contribution is -2.27. The molecule has 0 saturated heterocycles. The molecular weight excluding hydrogens is 244 g/mol. The van der Waals surface area contributed by atoms with E-state index in [9.17, 15) is 0 Å². The van der Waals surface area contributed by atoms with Gasteiger partial charge in [-0.25, -0.2) is 0 Å². The second-order valence-corrected chi connectivity index (χ2v) is 5.61. The summed E-state index contributed by atoms with van der Waals surface area (Å²) in [5.74, 6) is 0. The average Bonchev–Trinajstić information content (AvgIpc) is 2.78. The number of nitrogens with zero attached hydrogens (tertiary/aromatic N) is 1. The third-order valence-electron chi connectivity index (χ3n) is 4.28. The summed E-state index contributed by atoms with van der Waals surface area (Å²) >= 11 is 0. The summed E-state index contributed by atoms with van der Waals surface area (Å²) in [6.45, 7) is 5.36. The molecule has 0 saturated carbocycles. The van der Waals surface area contributed by atoms with Crippen molar-refractivity contribution in [3.8, 4) is 0 Å². The highest BCUT2D eigenvalue weighted by atomic mass is 15.2. The molecule has 0 aromatic heterocycles. The van der Waals surface area contributed by atoms with Crippen LogP contribution in [-0.4, -0.2) is 6.54 Å². The minimum Gasteiger partial charge on any atom is -0.365 e. The van der Waals surface area contributed by atoms with Gasteiger partial charge in [0.05, 0.1) is 6.04 Å². The molecule has 0 bridgehead atoms. The fraction of sp³-hybridized carbons (Fsp3) is 0.333. The zero-order valence-electron chi connectivity index (χ0n) is 12.2. The first-order valence-electron chi connectivity index (χ1n) is 7.38. The normalized spacial score (nSPS) is 20.8. The Morgan fingerprint density at radius 1 is 1.10 bits per heavy atom. The zero-order valence-corrected chi connectivity index (χ0v) is 12.2. The molecule has 1 aliphatic carbocycles. The molecule has 104 valence electrons. The molecule has 0 aliphatic heterocycles. The van der Waals surface area contributed by atoms with Gasteiger partial charge in [0.25, 0.3) is 0 Å². The molecule has 2 nitrogen and oxygen atoms in total. The van der Waals surface area contributed by atoms with Crippen LogP contribution < -0.4 is 10.6 Å². The third-order valence-corrected chi connectivity index (χ3v) is 4.28. The predicted octanol–water partition coefficient (Wildman–Crippen LogP) is 3.97. The van der Waals surface area contributed by atoms with Gasteiger partial charge < -0.3 is 10.6 Å². The van der Waals surface area contributed by atoms with Crippen LogP contribution in [0.2, 0.25) is 0 Å². The maximum Gasteiger partial charge on any atom is 0.0563 e. The monoisotopic (exact) mass is 266 g/mol. The Kier molecular flexibility index (Phi) is 3.49. The summed E-state index contributed by atoms with van der Waals surface area (Å²) in [4.78, 5) is 2.47. The number of anilines is 1. The molecule has 2 aromatic rings. The quantitative estimate of drug-likeness (QED) is 0.911. The van der Waals surface area contributed by atoms with E-state index in [2.05, 4.69) is 67.3 Å². The second kappa shape index (κ2) is 5.29. The van der Waals surface area contributed by atoms with E-state index in [0.29, 0.717) is 6.04 Å². The van der Waals surface area contributed by atoms with E-state index in [-0.39, 0.29) is 6.04 Å². The summed E-state index contributed by atoms with van der Waals surface area (Å²) < 4.78 is 0. The molecule has 0 radical (unpaired) electrons. The summed E-state index contributed by atoms with van der Waals surface area (Å²) in [6, 6.07) is 17.9. The van der Waals surface area contributed by atoms with Crippen LogP contribution in [0.4, 0.5) is 5.69 Å². The van der Waals surface area contributed by atoms with Crippen molar-refractivity contribution in [2.24, 2.45) is 5.73 Å². The van der Waals surface area contributed by atoms with Gasteiger partial charge in [0.1, 0.15) is 0 Å². The molecule has 3 rings (SSSR count). The van der Waals surface area contributed by atoms with E-state index in [0.717, 1.165) is 13.0 Å². The van der Waals surface area contributed by atoms with Crippen LogP contribution in [0.15, 0.2) is 48.5 Å². The van der Waals surface area contributed by atoms with Crippen molar-refractivity contribution in [1.82, 2.24) is 0 Å². The van der Waals surface area contributed by atoms with E-state index in [1.165, 1.54) is 22.4 Å². The Bertz CT molecular complexity index is 606. The number of benzene rings is 2. The van der Waals surface area contributed by atoms with E-state index in [4.69, 9.17) is 5.73 Å². The second-order valence-electron chi connectivity index (χ2n) is 5.61. The fourth-order valence-corrected chi connectivity index (χ4v) is 3.33. The minimum absolute atomic E-state index is 0.162. The van der Waals surface area contributed by atoms with Crippen LogP contribution in [0.3, 0.4) is 0 Å². The molecule has 2 aromatic carbocycles. The van der Waals surface area contributed by atoms with Gasteiger partial charge in [0, 0.05) is 18.3 Å². The summed E-state index contributed by atoms with van der Waals surface area (Å²) in [5, 5.41) is 0. The summed E-state index contributed by atoms with van der Waals surface area (Å²) in [7, 11) is 0. The van der Waals surface area contributed by atoms with Crippen LogP contribution in [0.25, 0.3) is 0 Å². The van der Waals surface area contributed by atoms with Crippen molar-refractivity contribution in [3.63, 3.8) is 0 Å². The Balaban J connectivity index is 1.99. The van der Waals surface area contributed by atoms with Gasteiger partial charge in [-0.3, -0.25) is 0 Å². The number of rotatable bonds is 3. The topological polar surface area (TPSA) is 29.3 Å². The molecule has 0 amide bonds. The van der Waals surface area contributed by atoms with Crippen molar-refractivity contribution in [3.05, 3.63) is 65.2 Å². The van der Waals surface area contributed by atoms with Crippen LogP contribution in [0.1, 0.15) is 42.1 Å². The highest BCUT2D eigenvalue weighted by molar-refractivity contribution is 5.53. The molecular formula is C18H22N2. The molecule has 20 heavy (non-hydrogen) atoms. The van der Waals surface area contributed by atoms with Gasteiger partial charge in [-0.15, -0.1) is 0 Å². The van der Waals surface area contributed by atoms with E-state index < -0.39 is 0 Å².